The normalized spacial score (nSPS) is 18.3. The van der Waals surface area contributed by atoms with Crippen molar-refractivity contribution in [2.45, 2.75) is 18.6 Å². The number of ether oxygens (including phenoxy) is 1. The lowest BCUT2D eigenvalue weighted by Crippen LogP contribution is -2.39. The zero-order valence-electron chi connectivity index (χ0n) is 11.8. The van der Waals surface area contributed by atoms with Gasteiger partial charge in [0.25, 0.3) is 0 Å². The summed E-state index contributed by atoms with van der Waals surface area (Å²) in [6.45, 7) is 0.383. The average molecular weight is 297 g/mol. The van der Waals surface area contributed by atoms with E-state index in [0.717, 1.165) is 11.1 Å². The van der Waals surface area contributed by atoms with Crippen molar-refractivity contribution < 1.29 is 14.5 Å². The highest BCUT2D eigenvalue weighted by Gasteiger charge is 2.43. The van der Waals surface area contributed by atoms with Crippen LogP contribution in [-0.4, -0.2) is 23.4 Å². The second-order valence-electron chi connectivity index (χ2n) is 5.20. The summed E-state index contributed by atoms with van der Waals surface area (Å²) in [5.41, 5.74) is 2.07. The number of hydrogen-bond acceptors (Lipinski definition) is 4. The van der Waals surface area contributed by atoms with Gasteiger partial charge in [-0.2, -0.15) is 0 Å². The van der Waals surface area contributed by atoms with Gasteiger partial charge in [-0.1, -0.05) is 54.6 Å². The van der Waals surface area contributed by atoms with E-state index in [1.165, 1.54) is 0 Å². The maximum absolute atomic E-state index is 12.6. The van der Waals surface area contributed by atoms with Crippen LogP contribution >= 0.6 is 0 Å². The molecule has 1 aliphatic rings. The van der Waals surface area contributed by atoms with Gasteiger partial charge >= 0.3 is 6.04 Å². The largest absolute Gasteiger partial charge is 0.365 e. The number of rotatable bonds is 4. The Morgan fingerprint density at radius 2 is 1.82 bits per heavy atom. The highest BCUT2D eigenvalue weighted by Crippen LogP contribution is 2.32. The van der Waals surface area contributed by atoms with Crippen LogP contribution in [0, 0.1) is 10.1 Å². The Morgan fingerprint density at radius 1 is 1.14 bits per heavy atom. The third kappa shape index (κ3) is 2.63. The maximum Gasteiger partial charge on any atom is 0.304 e. The molecule has 2 aromatic rings. The van der Waals surface area contributed by atoms with Crippen LogP contribution < -0.4 is 0 Å². The van der Waals surface area contributed by atoms with Crippen molar-refractivity contribution in [3.8, 4) is 0 Å². The van der Waals surface area contributed by atoms with Gasteiger partial charge in [0.1, 0.15) is 0 Å². The van der Waals surface area contributed by atoms with Crippen LogP contribution in [0.5, 0.6) is 0 Å². The minimum Gasteiger partial charge on any atom is -0.365 e. The number of nitrogens with zero attached hydrogens (tertiary/aromatic N) is 1. The zero-order chi connectivity index (χ0) is 15.5. The smallest absolute Gasteiger partial charge is 0.304 e. The molecule has 1 heterocycles. The second kappa shape index (κ2) is 6.07. The Kier molecular flexibility index (Phi) is 3.98. The van der Waals surface area contributed by atoms with Crippen molar-refractivity contribution in [2.75, 3.05) is 6.61 Å². The Bertz CT molecular complexity index is 699. The minimum absolute atomic E-state index is 0.329. The molecule has 1 aliphatic heterocycles. The Morgan fingerprint density at radius 3 is 2.55 bits per heavy atom. The van der Waals surface area contributed by atoms with Gasteiger partial charge in [-0.25, -0.2) is 0 Å². The molecule has 0 N–H and O–H groups in total. The van der Waals surface area contributed by atoms with E-state index in [2.05, 4.69) is 0 Å². The van der Waals surface area contributed by atoms with Crippen LogP contribution in [0.15, 0.2) is 54.6 Å². The second-order valence-corrected chi connectivity index (χ2v) is 5.20. The molecule has 0 spiro atoms. The standard InChI is InChI=1S/C17H15NO4/c19-16(13-7-2-1-3-8-13)15(18(20)21)17-14-9-5-4-6-12(14)10-11-22-17/h1-9,15,17H,10-11H2. The average Bonchev–Trinajstić information content (AvgIpc) is 2.56. The first-order valence-corrected chi connectivity index (χ1v) is 7.10. The van der Waals surface area contributed by atoms with Crippen LogP contribution in [-0.2, 0) is 11.2 Å². The number of Topliss-reactive ketones (excluding diaryl/α,β-unsaturated/α-hetero) is 1. The number of ketones is 1. The van der Waals surface area contributed by atoms with E-state index in [4.69, 9.17) is 4.74 Å². The zero-order valence-corrected chi connectivity index (χ0v) is 11.8. The van der Waals surface area contributed by atoms with E-state index in [9.17, 15) is 14.9 Å². The minimum atomic E-state index is -1.43. The summed E-state index contributed by atoms with van der Waals surface area (Å²) >= 11 is 0. The van der Waals surface area contributed by atoms with Crippen LogP contribution in [0.3, 0.4) is 0 Å². The van der Waals surface area contributed by atoms with Crippen LogP contribution in [0.25, 0.3) is 0 Å². The summed E-state index contributed by atoms with van der Waals surface area (Å²) in [7, 11) is 0. The molecule has 0 amide bonds. The van der Waals surface area contributed by atoms with Crippen LogP contribution in [0.1, 0.15) is 27.6 Å². The highest BCUT2D eigenvalue weighted by molar-refractivity contribution is 5.99. The van der Waals surface area contributed by atoms with Gasteiger partial charge < -0.3 is 4.74 Å². The lowest BCUT2D eigenvalue weighted by atomic mass is 9.90. The van der Waals surface area contributed by atoms with Gasteiger partial charge in [-0.3, -0.25) is 14.9 Å². The summed E-state index contributed by atoms with van der Waals surface area (Å²) < 4.78 is 5.61. The van der Waals surface area contributed by atoms with Crippen molar-refractivity contribution >= 4 is 5.78 Å². The molecule has 0 saturated carbocycles. The third-order valence-electron chi connectivity index (χ3n) is 3.87. The van der Waals surface area contributed by atoms with E-state index in [1.807, 2.05) is 18.2 Å². The molecule has 0 fully saturated rings. The van der Waals surface area contributed by atoms with Crippen LogP contribution in [0.4, 0.5) is 0 Å². The fourth-order valence-electron chi connectivity index (χ4n) is 2.80. The molecule has 2 unspecified atom stereocenters. The molecule has 5 nitrogen and oxygen atoms in total. The highest BCUT2D eigenvalue weighted by atomic mass is 16.6. The van der Waals surface area contributed by atoms with E-state index in [-0.39, 0.29) is 0 Å². The van der Waals surface area contributed by atoms with Crippen molar-refractivity contribution in [3.05, 3.63) is 81.4 Å². The van der Waals surface area contributed by atoms with Crippen molar-refractivity contribution in [2.24, 2.45) is 0 Å². The predicted octanol–water partition coefficient (Wildman–Crippen LogP) is 2.83. The van der Waals surface area contributed by atoms with Gasteiger partial charge in [-0.05, 0) is 17.5 Å². The topological polar surface area (TPSA) is 69.4 Å². The molecule has 22 heavy (non-hydrogen) atoms. The quantitative estimate of drug-likeness (QED) is 0.494. The number of nitro groups is 1. The molecule has 2 atom stereocenters. The molecule has 0 aliphatic carbocycles. The molecular formula is C17H15NO4. The van der Waals surface area contributed by atoms with E-state index < -0.39 is 22.9 Å². The number of carbonyl (C=O) groups excluding carboxylic acids is 1. The summed E-state index contributed by atoms with van der Waals surface area (Å²) in [5, 5.41) is 11.5. The fourth-order valence-corrected chi connectivity index (χ4v) is 2.80. The van der Waals surface area contributed by atoms with Crippen LogP contribution in [0.2, 0.25) is 0 Å². The molecule has 0 saturated heterocycles. The first kappa shape index (κ1) is 14.4. The fraction of sp³-hybridized carbons (Fsp3) is 0.235. The molecule has 112 valence electrons. The Hall–Kier alpha value is -2.53. The lowest BCUT2D eigenvalue weighted by molar-refractivity contribution is -0.519. The number of fused-ring (bicyclic) bond motifs is 1. The molecule has 2 aromatic carbocycles. The van der Waals surface area contributed by atoms with E-state index in [0.29, 0.717) is 18.6 Å². The molecule has 0 radical (unpaired) electrons. The molecule has 5 heteroatoms. The van der Waals surface area contributed by atoms with Gasteiger partial charge in [0.15, 0.2) is 6.10 Å². The van der Waals surface area contributed by atoms with Gasteiger partial charge in [0, 0.05) is 10.5 Å². The number of benzene rings is 2. The van der Waals surface area contributed by atoms with Gasteiger partial charge in [0.05, 0.1) is 6.61 Å². The van der Waals surface area contributed by atoms with E-state index >= 15 is 0 Å². The summed E-state index contributed by atoms with van der Waals surface area (Å²) in [4.78, 5) is 23.6. The van der Waals surface area contributed by atoms with Gasteiger partial charge in [0.2, 0.25) is 5.78 Å². The summed E-state index contributed by atoms with van der Waals surface area (Å²) in [5.74, 6) is -0.521. The van der Waals surface area contributed by atoms with E-state index in [1.54, 1.807) is 36.4 Å². The number of hydrogen-bond donors (Lipinski definition) is 0. The first-order chi connectivity index (χ1) is 10.7. The van der Waals surface area contributed by atoms with Crippen molar-refractivity contribution in [3.63, 3.8) is 0 Å². The third-order valence-corrected chi connectivity index (χ3v) is 3.87. The molecular weight excluding hydrogens is 282 g/mol. The summed E-state index contributed by atoms with van der Waals surface area (Å²) in [6.07, 6.45) is -0.135. The number of carbonyl (C=O) groups is 1. The van der Waals surface area contributed by atoms with Crippen molar-refractivity contribution in [1.29, 1.82) is 0 Å². The Labute approximate surface area is 127 Å². The summed E-state index contributed by atoms with van der Waals surface area (Å²) in [6, 6.07) is 14.3. The molecule has 0 aromatic heterocycles. The predicted molar refractivity (Wildman–Crippen MR) is 80.4 cm³/mol. The SMILES string of the molecule is O=C(c1ccccc1)C(C1OCCc2ccccc21)[N+](=O)[O-]. The monoisotopic (exact) mass is 297 g/mol. The Balaban J connectivity index is 2.00. The molecule has 3 rings (SSSR count). The first-order valence-electron chi connectivity index (χ1n) is 7.10. The molecule has 0 bridgehead atoms. The maximum atomic E-state index is 12.6. The van der Waals surface area contributed by atoms with Gasteiger partial charge in [-0.15, -0.1) is 0 Å². The lowest BCUT2D eigenvalue weighted by Gasteiger charge is -2.27. The van der Waals surface area contributed by atoms with Crippen molar-refractivity contribution in [1.82, 2.24) is 0 Å².